The summed E-state index contributed by atoms with van der Waals surface area (Å²) < 4.78 is 0. The van der Waals surface area contributed by atoms with Crippen LogP contribution in [0.1, 0.15) is 31.9 Å². The van der Waals surface area contributed by atoms with Crippen molar-refractivity contribution in [2.75, 3.05) is 6.54 Å². The highest BCUT2D eigenvalue weighted by Crippen LogP contribution is 2.22. The number of hydrogen-bond acceptors (Lipinski definition) is 2. The largest absolute Gasteiger partial charge is 0.287 e. The molecule has 0 saturated carbocycles. The van der Waals surface area contributed by atoms with E-state index in [1.165, 1.54) is 5.56 Å². The van der Waals surface area contributed by atoms with Gasteiger partial charge in [0.15, 0.2) is 0 Å². The van der Waals surface area contributed by atoms with Gasteiger partial charge in [-0.3, -0.25) is 10.2 Å². The number of hydrazine groups is 1. The summed E-state index contributed by atoms with van der Waals surface area (Å²) in [6.07, 6.45) is 1.92. The molecule has 1 aromatic rings. The normalized spacial score (nSPS) is 18.5. The summed E-state index contributed by atoms with van der Waals surface area (Å²) in [6.45, 7) is 7.15. The minimum atomic E-state index is -0.0371. The van der Waals surface area contributed by atoms with Gasteiger partial charge in [0.05, 0.1) is 0 Å². The van der Waals surface area contributed by atoms with Crippen LogP contribution in [-0.4, -0.2) is 12.5 Å². The summed E-state index contributed by atoms with van der Waals surface area (Å²) in [5.41, 5.74) is 8.68. The van der Waals surface area contributed by atoms with Crippen LogP contribution in [0.3, 0.4) is 0 Å². The zero-order valence-electron chi connectivity index (χ0n) is 10.5. The van der Waals surface area contributed by atoms with Crippen LogP contribution in [0.4, 0.5) is 0 Å². The molecule has 1 fully saturated rings. The van der Waals surface area contributed by atoms with Crippen LogP contribution in [0.2, 0.25) is 0 Å². The number of amides is 1. The lowest BCUT2D eigenvalue weighted by Gasteiger charge is -2.18. The molecule has 1 saturated heterocycles. The van der Waals surface area contributed by atoms with Crippen molar-refractivity contribution in [2.45, 2.75) is 26.2 Å². The minimum Gasteiger partial charge on any atom is -0.287 e. The first kappa shape index (κ1) is 11.9. The Labute approximate surface area is 102 Å². The fraction of sp³-hybridized carbons (Fsp3) is 0.357. The van der Waals surface area contributed by atoms with Gasteiger partial charge in [0.1, 0.15) is 0 Å². The first-order valence-electron chi connectivity index (χ1n) is 5.81. The highest BCUT2D eigenvalue weighted by atomic mass is 16.2. The molecule has 17 heavy (non-hydrogen) atoms. The van der Waals surface area contributed by atoms with Crippen LogP contribution in [0.15, 0.2) is 29.8 Å². The Bertz CT molecular complexity index is 452. The second-order valence-electron chi connectivity index (χ2n) is 5.35. The zero-order valence-corrected chi connectivity index (χ0v) is 10.5. The summed E-state index contributed by atoms with van der Waals surface area (Å²) >= 11 is 0. The molecule has 1 aromatic carbocycles. The van der Waals surface area contributed by atoms with Gasteiger partial charge in [-0.25, -0.2) is 5.43 Å². The number of rotatable bonds is 1. The SMILES string of the molecule is CC(C)(C)c1ccc(/C=C2\CNNC2=O)cc1. The molecule has 0 radical (unpaired) electrons. The lowest BCUT2D eigenvalue weighted by atomic mass is 9.86. The van der Waals surface area contributed by atoms with Crippen LogP contribution in [0.25, 0.3) is 6.08 Å². The first-order valence-corrected chi connectivity index (χ1v) is 5.81. The quantitative estimate of drug-likeness (QED) is 0.724. The molecule has 1 heterocycles. The molecule has 1 amide bonds. The van der Waals surface area contributed by atoms with Crippen molar-refractivity contribution in [3.05, 3.63) is 41.0 Å². The highest BCUT2D eigenvalue weighted by Gasteiger charge is 2.16. The van der Waals surface area contributed by atoms with Gasteiger partial charge in [-0.2, -0.15) is 0 Å². The summed E-state index contributed by atoms with van der Waals surface area (Å²) in [5.74, 6) is -0.0371. The van der Waals surface area contributed by atoms with E-state index in [1.54, 1.807) is 0 Å². The second-order valence-corrected chi connectivity index (χ2v) is 5.35. The van der Waals surface area contributed by atoms with E-state index in [1.807, 2.05) is 6.08 Å². The Balaban J connectivity index is 2.22. The van der Waals surface area contributed by atoms with Gasteiger partial charge in [-0.05, 0) is 22.6 Å². The minimum absolute atomic E-state index is 0.0371. The van der Waals surface area contributed by atoms with Gasteiger partial charge in [0, 0.05) is 12.1 Å². The van der Waals surface area contributed by atoms with Gasteiger partial charge >= 0.3 is 0 Å². The third kappa shape index (κ3) is 2.74. The molecule has 0 atom stereocenters. The maximum atomic E-state index is 11.4. The third-order valence-corrected chi connectivity index (χ3v) is 2.89. The molecule has 90 valence electrons. The van der Waals surface area contributed by atoms with Crippen molar-refractivity contribution in [3.63, 3.8) is 0 Å². The lowest BCUT2D eigenvalue weighted by Crippen LogP contribution is -2.25. The Kier molecular flexibility index (Phi) is 3.03. The molecular weight excluding hydrogens is 212 g/mol. The van der Waals surface area contributed by atoms with Gasteiger partial charge in [-0.15, -0.1) is 0 Å². The van der Waals surface area contributed by atoms with E-state index in [2.05, 4.69) is 55.9 Å². The fourth-order valence-corrected chi connectivity index (χ4v) is 1.78. The van der Waals surface area contributed by atoms with Crippen LogP contribution >= 0.6 is 0 Å². The van der Waals surface area contributed by atoms with Crippen LogP contribution < -0.4 is 10.9 Å². The smallest absolute Gasteiger partial charge is 0.262 e. The summed E-state index contributed by atoms with van der Waals surface area (Å²) in [7, 11) is 0. The van der Waals surface area contributed by atoms with E-state index in [9.17, 15) is 4.79 Å². The fourth-order valence-electron chi connectivity index (χ4n) is 1.78. The maximum absolute atomic E-state index is 11.4. The lowest BCUT2D eigenvalue weighted by molar-refractivity contribution is -0.116. The summed E-state index contributed by atoms with van der Waals surface area (Å²) in [6, 6.07) is 8.34. The van der Waals surface area contributed by atoms with E-state index in [0.717, 1.165) is 11.1 Å². The van der Waals surface area contributed by atoms with E-state index in [-0.39, 0.29) is 11.3 Å². The number of carbonyl (C=O) groups excluding carboxylic acids is 1. The number of benzene rings is 1. The third-order valence-electron chi connectivity index (χ3n) is 2.89. The van der Waals surface area contributed by atoms with Crippen molar-refractivity contribution in [3.8, 4) is 0 Å². The van der Waals surface area contributed by atoms with Crippen molar-refractivity contribution in [1.29, 1.82) is 0 Å². The standard InChI is InChI=1S/C14H18N2O/c1-14(2,3)12-6-4-10(5-7-12)8-11-9-15-16-13(11)17/h4-8,15H,9H2,1-3H3,(H,16,17)/b11-8+. The molecule has 0 bridgehead atoms. The molecule has 0 aliphatic carbocycles. The van der Waals surface area contributed by atoms with Crippen molar-refractivity contribution >= 4 is 12.0 Å². The molecule has 1 aliphatic rings. The van der Waals surface area contributed by atoms with Gasteiger partial charge in [0.25, 0.3) is 5.91 Å². The Morgan fingerprint density at radius 3 is 2.29 bits per heavy atom. The summed E-state index contributed by atoms with van der Waals surface area (Å²) in [4.78, 5) is 11.4. The maximum Gasteiger partial charge on any atom is 0.262 e. The topological polar surface area (TPSA) is 41.1 Å². The Morgan fingerprint density at radius 1 is 1.18 bits per heavy atom. The predicted molar refractivity (Wildman–Crippen MR) is 69.3 cm³/mol. The molecule has 1 aliphatic heterocycles. The molecule has 3 nitrogen and oxygen atoms in total. The number of carbonyl (C=O) groups is 1. The zero-order chi connectivity index (χ0) is 12.5. The molecule has 0 unspecified atom stereocenters. The van der Waals surface area contributed by atoms with Crippen LogP contribution in [0.5, 0.6) is 0 Å². The first-order chi connectivity index (χ1) is 7.97. The average molecular weight is 230 g/mol. The molecule has 2 N–H and O–H groups in total. The number of nitrogens with one attached hydrogen (secondary N) is 2. The molecule has 2 rings (SSSR count). The predicted octanol–water partition coefficient (Wildman–Crippen LogP) is 2.00. The van der Waals surface area contributed by atoms with Crippen molar-refractivity contribution < 1.29 is 4.79 Å². The molecular formula is C14H18N2O. The van der Waals surface area contributed by atoms with E-state index in [4.69, 9.17) is 0 Å². The molecule has 0 spiro atoms. The van der Waals surface area contributed by atoms with E-state index in [0.29, 0.717) is 6.54 Å². The monoisotopic (exact) mass is 230 g/mol. The highest BCUT2D eigenvalue weighted by molar-refractivity contribution is 5.99. The van der Waals surface area contributed by atoms with Crippen molar-refractivity contribution in [1.82, 2.24) is 10.9 Å². The van der Waals surface area contributed by atoms with Crippen molar-refractivity contribution in [2.24, 2.45) is 0 Å². The molecule has 3 heteroatoms. The van der Waals surface area contributed by atoms with Gasteiger partial charge < -0.3 is 0 Å². The Hall–Kier alpha value is -1.61. The van der Waals surface area contributed by atoms with Crippen LogP contribution in [-0.2, 0) is 10.2 Å². The number of hydrogen-bond donors (Lipinski definition) is 2. The van der Waals surface area contributed by atoms with E-state index < -0.39 is 0 Å². The van der Waals surface area contributed by atoms with E-state index >= 15 is 0 Å². The second kappa shape index (κ2) is 4.34. The van der Waals surface area contributed by atoms with Crippen LogP contribution in [0, 0.1) is 0 Å². The van der Waals surface area contributed by atoms with Gasteiger partial charge in [0.2, 0.25) is 0 Å². The average Bonchev–Trinajstić information content (AvgIpc) is 2.64. The summed E-state index contributed by atoms with van der Waals surface area (Å²) in [5, 5.41) is 0. The molecule has 0 aromatic heterocycles. The Morgan fingerprint density at radius 2 is 1.82 bits per heavy atom. The van der Waals surface area contributed by atoms with Gasteiger partial charge in [-0.1, -0.05) is 45.0 Å².